The quantitative estimate of drug-likeness (QED) is 0.672. The summed E-state index contributed by atoms with van der Waals surface area (Å²) >= 11 is 0. The Bertz CT molecular complexity index is 124. The van der Waals surface area contributed by atoms with Gasteiger partial charge < -0.3 is 5.32 Å². The summed E-state index contributed by atoms with van der Waals surface area (Å²) in [5, 5.41) is 3.45. The van der Waals surface area contributed by atoms with Crippen molar-refractivity contribution in [3.05, 3.63) is 0 Å². The van der Waals surface area contributed by atoms with E-state index in [-0.39, 0.29) is 0 Å². The number of hydrogen-bond donors (Lipinski definition) is 1. The van der Waals surface area contributed by atoms with Crippen LogP contribution in [0.2, 0.25) is 0 Å². The first kappa shape index (κ1) is 10.0. The molecule has 2 heteroatoms. The molecule has 1 aliphatic heterocycles. The first-order valence-electron chi connectivity index (χ1n) is 5.07. The smallest absolute Gasteiger partial charge is 0.0195 e. The van der Waals surface area contributed by atoms with E-state index in [2.05, 4.69) is 37.9 Å². The van der Waals surface area contributed by atoms with Crippen LogP contribution in [0.1, 0.15) is 27.7 Å². The molecule has 2 atom stereocenters. The van der Waals surface area contributed by atoms with Gasteiger partial charge in [0.2, 0.25) is 0 Å². The molecular formula is C10H22N2. The molecule has 0 radical (unpaired) electrons. The summed E-state index contributed by atoms with van der Waals surface area (Å²) in [5.74, 6) is 0.785. The third-order valence-electron chi connectivity index (χ3n) is 2.59. The SMILES string of the molecule is CC(C)CN1C(C)CNCC1C. The van der Waals surface area contributed by atoms with E-state index in [0.717, 1.165) is 19.0 Å². The van der Waals surface area contributed by atoms with E-state index in [4.69, 9.17) is 0 Å². The summed E-state index contributed by atoms with van der Waals surface area (Å²) in [7, 11) is 0. The first-order chi connectivity index (χ1) is 5.61. The maximum absolute atomic E-state index is 3.45. The fraction of sp³-hybridized carbons (Fsp3) is 1.00. The van der Waals surface area contributed by atoms with Crippen molar-refractivity contribution in [3.63, 3.8) is 0 Å². The van der Waals surface area contributed by atoms with E-state index in [9.17, 15) is 0 Å². The van der Waals surface area contributed by atoms with Gasteiger partial charge in [0.15, 0.2) is 0 Å². The summed E-state index contributed by atoms with van der Waals surface area (Å²) < 4.78 is 0. The molecule has 1 rings (SSSR count). The summed E-state index contributed by atoms with van der Waals surface area (Å²) in [6.07, 6.45) is 0. The van der Waals surface area contributed by atoms with Crippen LogP contribution in [0, 0.1) is 5.92 Å². The molecule has 2 unspecified atom stereocenters. The lowest BCUT2D eigenvalue weighted by Crippen LogP contribution is -2.55. The molecule has 0 aliphatic carbocycles. The van der Waals surface area contributed by atoms with Crippen molar-refractivity contribution in [2.24, 2.45) is 5.92 Å². The van der Waals surface area contributed by atoms with Gasteiger partial charge in [-0.05, 0) is 19.8 Å². The summed E-state index contributed by atoms with van der Waals surface area (Å²) in [5.41, 5.74) is 0. The van der Waals surface area contributed by atoms with Gasteiger partial charge in [0.25, 0.3) is 0 Å². The topological polar surface area (TPSA) is 15.3 Å². The van der Waals surface area contributed by atoms with Gasteiger partial charge in [0.1, 0.15) is 0 Å². The summed E-state index contributed by atoms with van der Waals surface area (Å²) in [6, 6.07) is 1.41. The van der Waals surface area contributed by atoms with Crippen molar-refractivity contribution in [2.75, 3.05) is 19.6 Å². The highest BCUT2D eigenvalue weighted by atomic mass is 15.2. The van der Waals surface area contributed by atoms with E-state index in [1.54, 1.807) is 0 Å². The second-order valence-corrected chi connectivity index (χ2v) is 4.45. The van der Waals surface area contributed by atoms with Gasteiger partial charge in [-0.1, -0.05) is 13.8 Å². The average molecular weight is 170 g/mol. The maximum Gasteiger partial charge on any atom is 0.0195 e. The van der Waals surface area contributed by atoms with Crippen molar-refractivity contribution in [2.45, 2.75) is 39.8 Å². The summed E-state index contributed by atoms with van der Waals surface area (Å²) in [4.78, 5) is 2.61. The van der Waals surface area contributed by atoms with Crippen LogP contribution >= 0.6 is 0 Å². The van der Waals surface area contributed by atoms with E-state index in [0.29, 0.717) is 12.1 Å². The molecular weight excluding hydrogens is 148 g/mol. The van der Waals surface area contributed by atoms with Crippen molar-refractivity contribution < 1.29 is 0 Å². The Hall–Kier alpha value is -0.0800. The van der Waals surface area contributed by atoms with Crippen molar-refractivity contribution in [1.29, 1.82) is 0 Å². The van der Waals surface area contributed by atoms with E-state index in [1.807, 2.05) is 0 Å². The maximum atomic E-state index is 3.45. The van der Waals surface area contributed by atoms with Gasteiger partial charge in [-0.15, -0.1) is 0 Å². The second kappa shape index (κ2) is 4.24. The normalized spacial score (nSPS) is 32.8. The van der Waals surface area contributed by atoms with Crippen LogP contribution in [0.5, 0.6) is 0 Å². The number of nitrogens with one attached hydrogen (secondary N) is 1. The minimum atomic E-state index is 0.705. The molecule has 1 heterocycles. The lowest BCUT2D eigenvalue weighted by molar-refractivity contribution is 0.102. The molecule has 0 bridgehead atoms. The molecule has 0 spiro atoms. The molecule has 2 nitrogen and oxygen atoms in total. The van der Waals surface area contributed by atoms with E-state index < -0.39 is 0 Å². The zero-order chi connectivity index (χ0) is 9.14. The van der Waals surface area contributed by atoms with Gasteiger partial charge in [0.05, 0.1) is 0 Å². The Morgan fingerprint density at radius 3 is 2.17 bits per heavy atom. The van der Waals surface area contributed by atoms with Crippen LogP contribution in [0.4, 0.5) is 0 Å². The highest BCUT2D eigenvalue weighted by molar-refractivity contribution is 4.82. The number of hydrogen-bond acceptors (Lipinski definition) is 2. The van der Waals surface area contributed by atoms with Crippen LogP contribution in [0.25, 0.3) is 0 Å². The first-order valence-corrected chi connectivity index (χ1v) is 5.07. The lowest BCUT2D eigenvalue weighted by Gasteiger charge is -2.40. The highest BCUT2D eigenvalue weighted by Crippen LogP contribution is 2.11. The molecule has 0 aromatic carbocycles. The van der Waals surface area contributed by atoms with Crippen LogP contribution < -0.4 is 5.32 Å². The van der Waals surface area contributed by atoms with Crippen LogP contribution in [-0.4, -0.2) is 36.6 Å². The van der Waals surface area contributed by atoms with Gasteiger partial charge >= 0.3 is 0 Å². The van der Waals surface area contributed by atoms with E-state index in [1.165, 1.54) is 6.54 Å². The Kier molecular flexibility index (Phi) is 3.53. The minimum Gasteiger partial charge on any atom is -0.314 e. The van der Waals surface area contributed by atoms with Crippen LogP contribution in [0.15, 0.2) is 0 Å². The molecule has 1 N–H and O–H groups in total. The number of piperazine rings is 1. The molecule has 0 aromatic rings. The molecule has 72 valence electrons. The second-order valence-electron chi connectivity index (χ2n) is 4.45. The molecule has 0 saturated carbocycles. The minimum absolute atomic E-state index is 0.705. The summed E-state index contributed by atoms with van der Waals surface area (Å²) in [6.45, 7) is 12.7. The molecule has 1 aliphatic rings. The largest absolute Gasteiger partial charge is 0.314 e. The zero-order valence-electron chi connectivity index (χ0n) is 8.80. The van der Waals surface area contributed by atoms with Crippen molar-refractivity contribution in [3.8, 4) is 0 Å². The van der Waals surface area contributed by atoms with Gasteiger partial charge in [-0.2, -0.15) is 0 Å². The molecule has 0 aromatic heterocycles. The Labute approximate surface area is 76.3 Å². The monoisotopic (exact) mass is 170 g/mol. The van der Waals surface area contributed by atoms with Gasteiger partial charge in [0, 0.05) is 31.7 Å². The van der Waals surface area contributed by atoms with Gasteiger partial charge in [-0.25, -0.2) is 0 Å². The number of nitrogens with zero attached hydrogens (tertiary/aromatic N) is 1. The zero-order valence-corrected chi connectivity index (χ0v) is 8.80. The Morgan fingerprint density at radius 2 is 1.75 bits per heavy atom. The fourth-order valence-corrected chi connectivity index (χ4v) is 1.95. The Morgan fingerprint density at radius 1 is 1.25 bits per heavy atom. The third-order valence-corrected chi connectivity index (χ3v) is 2.59. The Balaban J connectivity index is 2.45. The van der Waals surface area contributed by atoms with Crippen LogP contribution in [-0.2, 0) is 0 Å². The molecule has 12 heavy (non-hydrogen) atoms. The van der Waals surface area contributed by atoms with Crippen LogP contribution in [0.3, 0.4) is 0 Å². The predicted octanol–water partition coefficient (Wildman–Crippen LogP) is 1.32. The van der Waals surface area contributed by atoms with Crippen molar-refractivity contribution >= 4 is 0 Å². The third kappa shape index (κ3) is 2.46. The molecule has 1 fully saturated rings. The van der Waals surface area contributed by atoms with Crippen molar-refractivity contribution in [1.82, 2.24) is 10.2 Å². The highest BCUT2D eigenvalue weighted by Gasteiger charge is 2.24. The molecule has 0 amide bonds. The lowest BCUT2D eigenvalue weighted by atomic mass is 10.1. The average Bonchev–Trinajstić information content (AvgIpc) is 1.97. The van der Waals surface area contributed by atoms with E-state index >= 15 is 0 Å². The molecule has 1 saturated heterocycles. The van der Waals surface area contributed by atoms with Gasteiger partial charge in [-0.3, -0.25) is 4.90 Å². The fourth-order valence-electron chi connectivity index (χ4n) is 1.95. The predicted molar refractivity (Wildman–Crippen MR) is 53.3 cm³/mol. The standard InChI is InChI=1S/C10H22N2/c1-8(2)7-12-9(3)5-11-6-10(12)4/h8-11H,5-7H2,1-4H3. The number of rotatable bonds is 2.